The number of carbonyl (C=O) groups is 1. The molecule has 108 valence electrons. The third kappa shape index (κ3) is 3.47. The second-order valence-electron chi connectivity index (χ2n) is 3.99. The lowest BCUT2D eigenvalue weighted by molar-refractivity contribution is -0.385. The van der Waals surface area contributed by atoms with Crippen LogP contribution in [-0.4, -0.2) is 33.1 Å². The van der Waals surface area contributed by atoms with E-state index in [1.54, 1.807) is 19.2 Å². The summed E-state index contributed by atoms with van der Waals surface area (Å²) in [7, 11) is 1.58. The molecule has 21 heavy (non-hydrogen) atoms. The van der Waals surface area contributed by atoms with Crippen LogP contribution in [0.5, 0.6) is 0 Å². The number of anilines is 1. The summed E-state index contributed by atoms with van der Waals surface area (Å²) in [5, 5.41) is 23.6. The number of hydrogen-bond donors (Lipinski definition) is 2. The number of nitro groups is 1. The monoisotopic (exact) mass is 288 g/mol. The van der Waals surface area contributed by atoms with Gasteiger partial charge in [0.1, 0.15) is 12.0 Å². The first-order valence-electron chi connectivity index (χ1n) is 5.98. The van der Waals surface area contributed by atoms with E-state index < -0.39 is 10.8 Å². The maximum absolute atomic E-state index is 12.1. The van der Waals surface area contributed by atoms with Gasteiger partial charge >= 0.3 is 0 Å². The van der Waals surface area contributed by atoms with Crippen molar-refractivity contribution in [2.24, 2.45) is 0 Å². The van der Waals surface area contributed by atoms with Crippen molar-refractivity contribution >= 4 is 17.4 Å². The van der Waals surface area contributed by atoms with Crippen molar-refractivity contribution in [3.63, 3.8) is 0 Å². The van der Waals surface area contributed by atoms with Gasteiger partial charge in [-0.05, 0) is 12.1 Å². The molecule has 0 fully saturated rings. The van der Waals surface area contributed by atoms with Gasteiger partial charge < -0.3 is 10.6 Å². The molecule has 0 saturated carbocycles. The molecule has 2 aromatic rings. The van der Waals surface area contributed by atoms with Gasteiger partial charge in [0.15, 0.2) is 0 Å². The van der Waals surface area contributed by atoms with Gasteiger partial charge in [-0.1, -0.05) is 0 Å². The molecule has 0 saturated heterocycles. The van der Waals surface area contributed by atoms with Crippen molar-refractivity contribution in [3.8, 4) is 0 Å². The highest BCUT2D eigenvalue weighted by Crippen LogP contribution is 2.18. The first-order valence-corrected chi connectivity index (χ1v) is 5.98. The summed E-state index contributed by atoms with van der Waals surface area (Å²) < 4.78 is 0. The lowest BCUT2D eigenvalue weighted by Crippen LogP contribution is -2.24. The topological polar surface area (TPSA) is 123 Å². The van der Waals surface area contributed by atoms with Crippen molar-refractivity contribution in [1.29, 1.82) is 0 Å². The average molecular weight is 288 g/mol. The van der Waals surface area contributed by atoms with E-state index in [-0.39, 0.29) is 23.6 Å². The molecular weight excluding hydrogens is 276 g/mol. The van der Waals surface area contributed by atoms with E-state index in [1.807, 2.05) is 0 Å². The highest BCUT2D eigenvalue weighted by atomic mass is 16.6. The van der Waals surface area contributed by atoms with Gasteiger partial charge in [0.2, 0.25) is 0 Å². The summed E-state index contributed by atoms with van der Waals surface area (Å²) >= 11 is 0. The standard InChI is InChI=1S/C12H12N6O3/c1-13-11-10(5-9(7-14-11)18(20)21)12(19)15-6-8-3-2-4-16-17-8/h2-5,7H,6H2,1H3,(H,13,14)(H,15,19). The summed E-state index contributed by atoms with van der Waals surface area (Å²) in [6.45, 7) is 0.165. The molecule has 2 rings (SSSR count). The van der Waals surface area contributed by atoms with Gasteiger partial charge in [0.25, 0.3) is 11.6 Å². The van der Waals surface area contributed by atoms with Gasteiger partial charge in [0.05, 0.1) is 22.7 Å². The van der Waals surface area contributed by atoms with Crippen LogP contribution in [0.15, 0.2) is 30.6 Å². The number of rotatable bonds is 5. The quantitative estimate of drug-likeness (QED) is 0.614. The van der Waals surface area contributed by atoms with Crippen molar-refractivity contribution in [3.05, 3.63) is 52.0 Å². The molecule has 1 amide bonds. The summed E-state index contributed by atoms with van der Waals surface area (Å²) in [5.74, 6) is -0.224. The van der Waals surface area contributed by atoms with Gasteiger partial charge in [-0.15, -0.1) is 0 Å². The van der Waals surface area contributed by atoms with Gasteiger partial charge in [-0.2, -0.15) is 10.2 Å². The van der Waals surface area contributed by atoms with Gasteiger partial charge in [-0.3, -0.25) is 14.9 Å². The smallest absolute Gasteiger partial charge is 0.288 e. The lowest BCUT2D eigenvalue weighted by Gasteiger charge is -2.08. The summed E-state index contributed by atoms with van der Waals surface area (Å²) in [6, 6.07) is 4.57. The molecule has 0 unspecified atom stereocenters. The first-order chi connectivity index (χ1) is 10.1. The number of nitrogens with zero attached hydrogens (tertiary/aromatic N) is 4. The number of amides is 1. The van der Waals surface area contributed by atoms with Crippen LogP contribution in [0.4, 0.5) is 11.5 Å². The van der Waals surface area contributed by atoms with Crippen LogP contribution < -0.4 is 10.6 Å². The van der Waals surface area contributed by atoms with E-state index >= 15 is 0 Å². The predicted molar refractivity (Wildman–Crippen MR) is 73.6 cm³/mol. The maximum atomic E-state index is 12.1. The Morgan fingerprint density at radius 3 is 2.90 bits per heavy atom. The summed E-state index contributed by atoms with van der Waals surface area (Å²) in [4.78, 5) is 26.1. The summed E-state index contributed by atoms with van der Waals surface area (Å²) in [5.41, 5.74) is 0.421. The number of nitrogens with one attached hydrogen (secondary N) is 2. The maximum Gasteiger partial charge on any atom is 0.288 e. The van der Waals surface area contributed by atoms with Crippen molar-refractivity contribution < 1.29 is 9.72 Å². The van der Waals surface area contributed by atoms with Crippen LogP contribution in [0.25, 0.3) is 0 Å². The minimum Gasteiger partial charge on any atom is -0.372 e. The van der Waals surface area contributed by atoms with Crippen LogP contribution >= 0.6 is 0 Å². The Morgan fingerprint density at radius 2 is 2.29 bits per heavy atom. The molecule has 2 heterocycles. The van der Waals surface area contributed by atoms with Crippen molar-refractivity contribution in [1.82, 2.24) is 20.5 Å². The third-order valence-electron chi connectivity index (χ3n) is 2.62. The fraction of sp³-hybridized carbons (Fsp3) is 0.167. The average Bonchev–Trinajstić information content (AvgIpc) is 2.52. The third-order valence-corrected chi connectivity index (χ3v) is 2.62. The van der Waals surface area contributed by atoms with Crippen LogP contribution in [0.2, 0.25) is 0 Å². The van der Waals surface area contributed by atoms with E-state index in [1.165, 1.54) is 12.3 Å². The Balaban J connectivity index is 2.17. The van der Waals surface area contributed by atoms with Gasteiger partial charge in [-0.25, -0.2) is 4.98 Å². The largest absolute Gasteiger partial charge is 0.372 e. The van der Waals surface area contributed by atoms with E-state index in [2.05, 4.69) is 25.8 Å². The zero-order valence-electron chi connectivity index (χ0n) is 11.1. The molecular formula is C12H12N6O3. The molecule has 9 heteroatoms. The normalized spacial score (nSPS) is 9.95. The number of hydrogen-bond acceptors (Lipinski definition) is 7. The van der Waals surface area contributed by atoms with E-state index in [9.17, 15) is 14.9 Å². The molecule has 0 atom stereocenters. The van der Waals surface area contributed by atoms with Crippen LogP contribution in [0, 0.1) is 10.1 Å². The van der Waals surface area contributed by atoms with E-state index in [4.69, 9.17) is 0 Å². The molecule has 0 aliphatic rings. The molecule has 0 spiro atoms. The van der Waals surface area contributed by atoms with Crippen LogP contribution in [-0.2, 0) is 6.54 Å². The molecule has 9 nitrogen and oxygen atoms in total. The Bertz CT molecular complexity index is 661. The Morgan fingerprint density at radius 1 is 1.48 bits per heavy atom. The molecule has 2 aromatic heterocycles. The fourth-order valence-corrected chi connectivity index (χ4v) is 1.62. The molecule has 0 radical (unpaired) electrons. The van der Waals surface area contributed by atoms with Gasteiger partial charge in [0, 0.05) is 19.3 Å². The SMILES string of the molecule is CNc1ncc([N+](=O)[O-])cc1C(=O)NCc1cccnn1. The number of carbonyl (C=O) groups excluding carboxylic acids is 1. The molecule has 0 bridgehead atoms. The van der Waals surface area contributed by atoms with Crippen LogP contribution in [0.1, 0.15) is 16.1 Å². The van der Waals surface area contributed by atoms with Crippen molar-refractivity contribution in [2.45, 2.75) is 6.54 Å². The molecule has 0 aromatic carbocycles. The molecule has 0 aliphatic heterocycles. The Hall–Kier alpha value is -3.10. The minimum atomic E-state index is -0.605. The second kappa shape index (κ2) is 6.37. The highest BCUT2D eigenvalue weighted by Gasteiger charge is 2.17. The fourth-order valence-electron chi connectivity index (χ4n) is 1.62. The Labute approximate surface area is 119 Å². The zero-order chi connectivity index (χ0) is 15.2. The Kier molecular flexibility index (Phi) is 4.34. The van der Waals surface area contributed by atoms with E-state index in [0.717, 1.165) is 6.20 Å². The van der Waals surface area contributed by atoms with E-state index in [0.29, 0.717) is 5.69 Å². The lowest BCUT2D eigenvalue weighted by atomic mass is 10.2. The molecule has 2 N–H and O–H groups in total. The highest BCUT2D eigenvalue weighted by molar-refractivity contribution is 5.99. The number of pyridine rings is 1. The summed E-state index contributed by atoms with van der Waals surface area (Å²) in [6.07, 6.45) is 2.61. The predicted octanol–water partition coefficient (Wildman–Crippen LogP) is 0.751. The van der Waals surface area contributed by atoms with Crippen LogP contribution in [0.3, 0.4) is 0 Å². The number of aromatic nitrogens is 3. The van der Waals surface area contributed by atoms with Crippen molar-refractivity contribution in [2.75, 3.05) is 12.4 Å². The first kappa shape index (κ1) is 14.3. The minimum absolute atomic E-state index is 0.0931. The zero-order valence-corrected chi connectivity index (χ0v) is 11.1. The molecule has 0 aliphatic carbocycles. The second-order valence-corrected chi connectivity index (χ2v) is 3.99.